The molecule has 32 heavy (non-hydrogen) atoms. The summed E-state index contributed by atoms with van der Waals surface area (Å²) >= 11 is 5.86. The van der Waals surface area contributed by atoms with Gasteiger partial charge in [0.25, 0.3) is 5.91 Å². The topological polar surface area (TPSA) is 91.0 Å². The Morgan fingerprint density at radius 1 is 1.06 bits per heavy atom. The zero-order chi connectivity index (χ0) is 22.7. The summed E-state index contributed by atoms with van der Waals surface area (Å²) in [5.41, 5.74) is 0.962. The summed E-state index contributed by atoms with van der Waals surface area (Å²) in [4.78, 5) is 40.2. The Hall–Kier alpha value is -3.17. The van der Waals surface area contributed by atoms with Crippen molar-refractivity contribution in [2.75, 3.05) is 41.8 Å². The minimum atomic E-state index is -0.675. The number of anilines is 3. The van der Waals surface area contributed by atoms with Gasteiger partial charge in [-0.15, -0.1) is 0 Å². The van der Waals surface area contributed by atoms with Crippen molar-refractivity contribution >= 4 is 46.5 Å². The van der Waals surface area contributed by atoms with E-state index in [4.69, 9.17) is 16.3 Å². The number of nitrogens with one attached hydrogen (secondary N) is 2. The van der Waals surface area contributed by atoms with Crippen LogP contribution in [0, 0.1) is 5.82 Å². The van der Waals surface area contributed by atoms with Crippen LogP contribution in [0.3, 0.4) is 0 Å². The predicted octanol–water partition coefficient (Wildman–Crippen LogP) is 3.48. The lowest BCUT2D eigenvalue weighted by atomic mass is 10.2. The van der Waals surface area contributed by atoms with Crippen LogP contribution in [0.4, 0.5) is 26.2 Å². The van der Waals surface area contributed by atoms with Gasteiger partial charge >= 0.3 is 6.03 Å². The van der Waals surface area contributed by atoms with Crippen molar-refractivity contribution in [3.8, 4) is 0 Å². The Labute approximate surface area is 189 Å². The number of morpholine rings is 1. The third-order valence-electron chi connectivity index (χ3n) is 5.40. The molecule has 4 rings (SSSR count). The number of amides is 4. The fraction of sp³-hybridized carbons (Fsp3) is 0.318. The average Bonchev–Trinajstić information content (AvgIpc) is 3.27. The van der Waals surface area contributed by atoms with Crippen LogP contribution in [0.15, 0.2) is 42.5 Å². The van der Waals surface area contributed by atoms with Crippen molar-refractivity contribution < 1.29 is 23.5 Å². The first kappa shape index (κ1) is 22.0. The fourth-order valence-corrected chi connectivity index (χ4v) is 3.94. The predicted molar refractivity (Wildman–Crippen MR) is 118 cm³/mol. The van der Waals surface area contributed by atoms with E-state index in [1.165, 1.54) is 28.0 Å². The number of hydrogen-bond acceptors (Lipinski definition) is 4. The van der Waals surface area contributed by atoms with Gasteiger partial charge in [-0.25, -0.2) is 9.18 Å². The van der Waals surface area contributed by atoms with E-state index in [2.05, 4.69) is 10.6 Å². The van der Waals surface area contributed by atoms with Crippen LogP contribution in [0.2, 0.25) is 5.02 Å². The van der Waals surface area contributed by atoms with E-state index >= 15 is 0 Å². The molecule has 0 aliphatic carbocycles. The molecule has 0 radical (unpaired) electrons. The summed E-state index contributed by atoms with van der Waals surface area (Å²) in [5.74, 6) is -1.34. The maximum absolute atomic E-state index is 14.6. The van der Waals surface area contributed by atoms with Gasteiger partial charge in [0.15, 0.2) is 0 Å². The molecule has 2 aromatic rings. The SMILES string of the molecule is O=C(Nc1ccc(N2CCOCC2=O)c(F)c1)[C@H]1CCCN1C(=O)Nc1ccc(Cl)cc1. The van der Waals surface area contributed by atoms with E-state index in [9.17, 15) is 18.8 Å². The normalized spacial score (nSPS) is 18.6. The fourth-order valence-electron chi connectivity index (χ4n) is 3.81. The maximum Gasteiger partial charge on any atom is 0.322 e. The van der Waals surface area contributed by atoms with E-state index in [0.717, 1.165) is 0 Å². The molecule has 2 heterocycles. The van der Waals surface area contributed by atoms with Crippen molar-refractivity contribution in [2.45, 2.75) is 18.9 Å². The Kier molecular flexibility index (Phi) is 6.57. The maximum atomic E-state index is 14.6. The standard InChI is InChI=1S/C22H22ClFN4O4/c23-14-3-5-15(6-4-14)26-22(31)28-9-1-2-19(28)21(30)25-16-7-8-18(17(24)12-16)27-10-11-32-13-20(27)29/h3-8,12,19H,1-2,9-11,13H2,(H,25,30)(H,26,31)/t19-/m1/s1. The molecule has 10 heteroatoms. The lowest BCUT2D eigenvalue weighted by Crippen LogP contribution is -2.45. The summed E-state index contributed by atoms with van der Waals surface area (Å²) < 4.78 is 19.7. The number of rotatable bonds is 4. The largest absolute Gasteiger partial charge is 0.370 e. The van der Waals surface area contributed by atoms with Crippen molar-refractivity contribution in [3.05, 3.63) is 53.3 Å². The average molecular weight is 461 g/mol. The highest BCUT2D eigenvalue weighted by Crippen LogP contribution is 2.26. The zero-order valence-electron chi connectivity index (χ0n) is 17.1. The summed E-state index contributed by atoms with van der Waals surface area (Å²) in [5, 5.41) is 5.99. The number of benzene rings is 2. The molecule has 0 aromatic heterocycles. The Bertz CT molecular complexity index is 1030. The van der Waals surface area contributed by atoms with Gasteiger partial charge in [0, 0.05) is 29.5 Å². The minimum absolute atomic E-state index is 0.0898. The van der Waals surface area contributed by atoms with Crippen LogP contribution in [-0.4, -0.2) is 55.1 Å². The van der Waals surface area contributed by atoms with Gasteiger partial charge < -0.3 is 25.2 Å². The van der Waals surface area contributed by atoms with Crippen LogP contribution < -0.4 is 15.5 Å². The first-order valence-corrected chi connectivity index (χ1v) is 10.6. The van der Waals surface area contributed by atoms with E-state index < -0.39 is 23.8 Å². The molecule has 0 unspecified atom stereocenters. The highest BCUT2D eigenvalue weighted by molar-refractivity contribution is 6.30. The van der Waals surface area contributed by atoms with E-state index in [1.54, 1.807) is 24.3 Å². The number of likely N-dealkylation sites (tertiary alicyclic amines) is 1. The number of halogens is 2. The number of ether oxygens (including phenoxy) is 1. The molecule has 2 aliphatic rings. The second-order valence-electron chi connectivity index (χ2n) is 7.54. The van der Waals surface area contributed by atoms with Crippen molar-refractivity contribution in [1.82, 2.24) is 4.90 Å². The van der Waals surface area contributed by atoms with Gasteiger partial charge in [-0.3, -0.25) is 9.59 Å². The summed E-state index contributed by atoms with van der Waals surface area (Å²) in [6, 6.07) is 9.76. The van der Waals surface area contributed by atoms with Gasteiger partial charge in [-0.05, 0) is 55.3 Å². The van der Waals surface area contributed by atoms with E-state index in [0.29, 0.717) is 36.7 Å². The highest BCUT2D eigenvalue weighted by Gasteiger charge is 2.34. The lowest BCUT2D eigenvalue weighted by Gasteiger charge is -2.27. The van der Waals surface area contributed by atoms with Crippen LogP contribution in [-0.2, 0) is 14.3 Å². The highest BCUT2D eigenvalue weighted by atomic mass is 35.5. The number of nitrogens with zero attached hydrogens (tertiary/aromatic N) is 2. The van der Waals surface area contributed by atoms with Gasteiger partial charge in [-0.1, -0.05) is 11.6 Å². The van der Waals surface area contributed by atoms with E-state index in [-0.39, 0.29) is 30.4 Å². The molecule has 4 amide bonds. The van der Waals surface area contributed by atoms with Crippen molar-refractivity contribution in [3.63, 3.8) is 0 Å². The smallest absolute Gasteiger partial charge is 0.322 e. The van der Waals surface area contributed by atoms with Crippen LogP contribution >= 0.6 is 11.6 Å². The summed E-state index contributed by atoms with van der Waals surface area (Å²) in [6.45, 7) is 0.942. The molecule has 0 saturated carbocycles. The van der Waals surface area contributed by atoms with Crippen LogP contribution in [0.5, 0.6) is 0 Å². The number of carbonyl (C=O) groups excluding carboxylic acids is 3. The minimum Gasteiger partial charge on any atom is -0.370 e. The van der Waals surface area contributed by atoms with Gasteiger partial charge in [-0.2, -0.15) is 0 Å². The molecular formula is C22H22ClFN4O4. The molecule has 2 saturated heterocycles. The van der Waals surface area contributed by atoms with Crippen LogP contribution in [0.1, 0.15) is 12.8 Å². The molecule has 8 nitrogen and oxygen atoms in total. The molecule has 2 aliphatic heterocycles. The molecule has 0 spiro atoms. The molecular weight excluding hydrogens is 439 g/mol. The summed E-state index contributed by atoms with van der Waals surface area (Å²) in [6.07, 6.45) is 1.18. The van der Waals surface area contributed by atoms with Crippen molar-refractivity contribution in [1.29, 1.82) is 0 Å². The molecule has 2 fully saturated rings. The Morgan fingerprint density at radius 2 is 1.81 bits per heavy atom. The molecule has 0 bridgehead atoms. The second kappa shape index (κ2) is 9.54. The first-order chi connectivity index (χ1) is 15.4. The Morgan fingerprint density at radius 3 is 2.53 bits per heavy atom. The third-order valence-corrected chi connectivity index (χ3v) is 5.66. The molecule has 2 N–H and O–H groups in total. The number of urea groups is 1. The van der Waals surface area contributed by atoms with Crippen LogP contribution in [0.25, 0.3) is 0 Å². The molecule has 1 atom stereocenters. The first-order valence-electron chi connectivity index (χ1n) is 10.2. The van der Waals surface area contributed by atoms with E-state index in [1.807, 2.05) is 0 Å². The third kappa shape index (κ3) is 4.84. The quantitative estimate of drug-likeness (QED) is 0.730. The second-order valence-corrected chi connectivity index (χ2v) is 7.98. The zero-order valence-corrected chi connectivity index (χ0v) is 17.9. The lowest BCUT2D eigenvalue weighted by molar-refractivity contribution is -0.125. The molecule has 2 aromatic carbocycles. The summed E-state index contributed by atoms with van der Waals surface area (Å²) in [7, 11) is 0. The number of carbonyl (C=O) groups is 3. The molecule has 168 valence electrons. The van der Waals surface area contributed by atoms with Gasteiger partial charge in [0.2, 0.25) is 5.91 Å². The van der Waals surface area contributed by atoms with Gasteiger partial charge in [0.05, 0.1) is 12.3 Å². The monoisotopic (exact) mass is 460 g/mol. The van der Waals surface area contributed by atoms with Crippen molar-refractivity contribution in [2.24, 2.45) is 0 Å². The Balaban J connectivity index is 1.41. The van der Waals surface area contributed by atoms with Gasteiger partial charge in [0.1, 0.15) is 18.5 Å². The number of hydrogen-bond donors (Lipinski definition) is 2.